The van der Waals surface area contributed by atoms with Crippen LogP contribution in [-0.4, -0.2) is 105 Å². The summed E-state index contributed by atoms with van der Waals surface area (Å²) in [5, 5.41) is 4.70. The molecule has 2 saturated carbocycles. The molecule has 0 spiro atoms. The van der Waals surface area contributed by atoms with Crippen LogP contribution in [0.4, 0.5) is 4.79 Å². The summed E-state index contributed by atoms with van der Waals surface area (Å²) >= 11 is 0. The highest BCUT2D eigenvalue weighted by atomic mass is 32.2. The number of amides is 4. The molecule has 0 bridgehead atoms. The van der Waals surface area contributed by atoms with Crippen molar-refractivity contribution in [2.24, 2.45) is 5.92 Å². The number of methoxy groups -OCH3 is 1. The van der Waals surface area contributed by atoms with Crippen molar-refractivity contribution in [3.05, 3.63) is 42.0 Å². The van der Waals surface area contributed by atoms with E-state index >= 15 is 0 Å². The number of fused-ring (bicyclic) bond motifs is 2. The molecule has 4 amide bonds. The number of hydrogen-bond acceptors (Lipinski definition) is 11. The van der Waals surface area contributed by atoms with E-state index in [1.807, 2.05) is 0 Å². The summed E-state index contributed by atoms with van der Waals surface area (Å²) in [7, 11) is -2.52. The molecule has 0 aromatic heterocycles. The quantitative estimate of drug-likeness (QED) is 0.275. The molecule has 2 aliphatic heterocycles. The number of esters is 1. The van der Waals surface area contributed by atoms with Gasteiger partial charge in [-0.05, 0) is 65.0 Å². The standard InChI is InChI=1S/C33H44N4O11S/c1-32(2,3)48-31(42)34-24-11-8-16-46-15-7-9-20-18-33(20,30(41)36-49(43,44)22-13-14-22)35-27(38)25-17-21(19-37(25)28(24)39)47-29(40)23-10-5-6-12-26(23)45-4/h5-7,9-10,12,20-22,24-25H,8,11,13-19H2,1-4H3,(H,34,42)(H,35,38)(H,36,41)/b9-7+. The van der Waals surface area contributed by atoms with Gasteiger partial charge in [-0.2, -0.15) is 0 Å². The molecule has 1 aromatic rings. The van der Waals surface area contributed by atoms with Gasteiger partial charge in [-0.1, -0.05) is 24.3 Å². The van der Waals surface area contributed by atoms with Gasteiger partial charge in [0.05, 0.1) is 25.5 Å². The van der Waals surface area contributed by atoms with E-state index < -0.39 is 80.3 Å². The third kappa shape index (κ3) is 8.71. The Balaban J connectivity index is 1.43. The number of carbonyl (C=O) groups is 5. The Morgan fingerprint density at radius 1 is 1.10 bits per heavy atom. The van der Waals surface area contributed by atoms with Gasteiger partial charge in [0.25, 0.3) is 5.91 Å². The number of nitrogens with one attached hydrogen (secondary N) is 3. The van der Waals surface area contributed by atoms with Crippen molar-refractivity contribution in [1.29, 1.82) is 0 Å². The molecule has 2 aliphatic carbocycles. The van der Waals surface area contributed by atoms with Crippen LogP contribution in [0.1, 0.15) is 69.7 Å². The maximum absolute atomic E-state index is 14.2. The summed E-state index contributed by atoms with van der Waals surface area (Å²) < 4.78 is 49.7. The van der Waals surface area contributed by atoms with Crippen molar-refractivity contribution < 1.29 is 51.3 Å². The van der Waals surface area contributed by atoms with Crippen molar-refractivity contribution >= 4 is 39.8 Å². The van der Waals surface area contributed by atoms with Crippen LogP contribution in [0.15, 0.2) is 36.4 Å². The summed E-state index contributed by atoms with van der Waals surface area (Å²) in [5.41, 5.74) is -2.29. The molecule has 5 unspecified atom stereocenters. The van der Waals surface area contributed by atoms with Crippen LogP contribution in [0.2, 0.25) is 0 Å². The molecule has 0 radical (unpaired) electrons. The average Bonchev–Trinajstić information content (AvgIpc) is 3.95. The number of rotatable bonds is 7. The van der Waals surface area contributed by atoms with Crippen LogP contribution in [0, 0.1) is 5.92 Å². The predicted octanol–water partition coefficient (Wildman–Crippen LogP) is 1.56. The number of alkyl carbamates (subject to hydrolysis) is 1. The molecule has 1 aromatic carbocycles. The number of hydrogen-bond donors (Lipinski definition) is 3. The second-order valence-electron chi connectivity index (χ2n) is 13.8. The van der Waals surface area contributed by atoms with E-state index in [2.05, 4.69) is 15.4 Å². The highest BCUT2D eigenvalue weighted by molar-refractivity contribution is 7.91. The Bertz CT molecular complexity index is 1600. The highest BCUT2D eigenvalue weighted by Crippen LogP contribution is 2.46. The van der Waals surface area contributed by atoms with Crippen molar-refractivity contribution in [3.63, 3.8) is 0 Å². The van der Waals surface area contributed by atoms with Crippen molar-refractivity contribution in [3.8, 4) is 5.75 Å². The lowest BCUT2D eigenvalue weighted by Gasteiger charge is -2.30. The molecule has 3 N–H and O–H groups in total. The molecule has 5 rings (SSSR count). The maximum atomic E-state index is 14.2. The zero-order chi connectivity index (χ0) is 35.6. The van der Waals surface area contributed by atoms with Gasteiger partial charge in [0.2, 0.25) is 21.8 Å². The second kappa shape index (κ2) is 14.4. The molecule has 5 atom stereocenters. The first-order chi connectivity index (χ1) is 23.1. The van der Waals surface area contributed by atoms with Crippen LogP contribution >= 0.6 is 0 Å². The summed E-state index contributed by atoms with van der Waals surface area (Å²) in [6.07, 6.45) is 3.00. The van der Waals surface area contributed by atoms with E-state index in [9.17, 15) is 32.4 Å². The number of para-hydroxylation sites is 1. The SMILES string of the molecule is COc1ccccc1C(=O)OC1CC2C(=O)NC3(C(=O)NS(=O)(=O)C4CC4)CC3/C=C/COCCCC(NC(=O)OC(C)(C)C)C(=O)N2C1. The lowest BCUT2D eigenvalue weighted by atomic mass is 10.1. The molecule has 3 fully saturated rings. The van der Waals surface area contributed by atoms with E-state index in [1.54, 1.807) is 51.1 Å². The van der Waals surface area contributed by atoms with Gasteiger partial charge in [-0.3, -0.25) is 19.1 Å². The van der Waals surface area contributed by atoms with Crippen LogP contribution in [-0.2, 0) is 38.6 Å². The van der Waals surface area contributed by atoms with Crippen LogP contribution in [0.5, 0.6) is 5.75 Å². The molecule has 16 heteroatoms. The van der Waals surface area contributed by atoms with Gasteiger partial charge in [0.15, 0.2) is 0 Å². The zero-order valence-corrected chi connectivity index (χ0v) is 28.9. The number of sulfonamides is 1. The lowest BCUT2D eigenvalue weighted by molar-refractivity contribution is -0.141. The molecule has 1 saturated heterocycles. The number of nitrogens with zero attached hydrogens (tertiary/aromatic N) is 1. The molecule has 2 heterocycles. The summed E-state index contributed by atoms with van der Waals surface area (Å²) in [6, 6.07) is 4.08. The van der Waals surface area contributed by atoms with Crippen LogP contribution in [0.25, 0.3) is 0 Å². The minimum atomic E-state index is -3.93. The minimum Gasteiger partial charge on any atom is -0.496 e. The van der Waals surface area contributed by atoms with E-state index in [1.165, 1.54) is 18.1 Å². The Labute approximate surface area is 285 Å². The second-order valence-corrected chi connectivity index (χ2v) is 15.7. The smallest absolute Gasteiger partial charge is 0.408 e. The summed E-state index contributed by atoms with van der Waals surface area (Å²) in [5.74, 6) is -3.22. The fourth-order valence-corrected chi connectivity index (χ4v) is 7.40. The first-order valence-corrected chi connectivity index (χ1v) is 17.9. The van der Waals surface area contributed by atoms with Crippen LogP contribution < -0.4 is 20.1 Å². The Hall–Kier alpha value is -4.18. The van der Waals surface area contributed by atoms with Crippen molar-refractivity contribution in [1.82, 2.24) is 20.3 Å². The topological polar surface area (TPSA) is 196 Å². The minimum absolute atomic E-state index is 0.122. The molecular weight excluding hydrogens is 660 g/mol. The molecular formula is C33H44N4O11S. The number of benzene rings is 1. The first kappa shape index (κ1) is 36.1. The summed E-state index contributed by atoms with van der Waals surface area (Å²) in [4.78, 5) is 69.1. The van der Waals surface area contributed by atoms with Gasteiger partial charge in [-0.15, -0.1) is 0 Å². The third-order valence-corrected chi connectivity index (χ3v) is 10.6. The largest absolute Gasteiger partial charge is 0.496 e. The maximum Gasteiger partial charge on any atom is 0.408 e. The fraction of sp³-hybridized carbons (Fsp3) is 0.606. The average molecular weight is 705 g/mol. The van der Waals surface area contributed by atoms with Crippen molar-refractivity contribution in [2.75, 3.05) is 26.9 Å². The van der Waals surface area contributed by atoms with Gasteiger partial charge in [0, 0.05) is 18.9 Å². The molecule has 15 nitrogen and oxygen atoms in total. The fourth-order valence-electron chi connectivity index (χ4n) is 6.04. The molecule has 49 heavy (non-hydrogen) atoms. The number of carbonyl (C=O) groups excluding carboxylic acids is 5. The first-order valence-electron chi connectivity index (χ1n) is 16.4. The lowest BCUT2D eigenvalue weighted by Crippen LogP contribution is -2.58. The van der Waals surface area contributed by atoms with Gasteiger partial charge < -0.3 is 34.5 Å². The van der Waals surface area contributed by atoms with Crippen molar-refractivity contribution in [2.45, 2.75) is 93.9 Å². The Morgan fingerprint density at radius 3 is 2.53 bits per heavy atom. The van der Waals surface area contributed by atoms with E-state index in [0.29, 0.717) is 19.3 Å². The van der Waals surface area contributed by atoms with E-state index in [4.69, 9.17) is 18.9 Å². The van der Waals surface area contributed by atoms with Gasteiger partial charge in [-0.25, -0.2) is 18.0 Å². The monoisotopic (exact) mass is 704 g/mol. The molecule has 268 valence electrons. The normalized spacial score (nSPS) is 28.4. The number of ether oxygens (including phenoxy) is 4. The molecule has 4 aliphatic rings. The third-order valence-electron chi connectivity index (χ3n) is 8.77. The van der Waals surface area contributed by atoms with Gasteiger partial charge >= 0.3 is 12.1 Å². The van der Waals surface area contributed by atoms with Crippen LogP contribution in [0.3, 0.4) is 0 Å². The summed E-state index contributed by atoms with van der Waals surface area (Å²) in [6.45, 7) is 5.26. The van der Waals surface area contributed by atoms with Gasteiger partial charge in [0.1, 0.15) is 40.6 Å². The Kier molecular flexibility index (Phi) is 10.6. The predicted molar refractivity (Wildman–Crippen MR) is 174 cm³/mol. The Morgan fingerprint density at radius 2 is 1.84 bits per heavy atom. The zero-order valence-electron chi connectivity index (χ0n) is 28.1. The highest BCUT2D eigenvalue weighted by Gasteiger charge is 2.62. The van der Waals surface area contributed by atoms with E-state index in [-0.39, 0.29) is 50.3 Å². The van der Waals surface area contributed by atoms with E-state index in [0.717, 1.165) is 0 Å².